The number of benzene rings is 2. The lowest BCUT2D eigenvalue weighted by molar-refractivity contribution is 0.121. The van der Waals surface area contributed by atoms with E-state index in [0.717, 1.165) is 11.1 Å². The van der Waals surface area contributed by atoms with Crippen LogP contribution in [-0.2, 0) is 10.4 Å². The first-order valence-electron chi connectivity index (χ1n) is 9.07. The summed E-state index contributed by atoms with van der Waals surface area (Å²) in [6.45, 7) is 4.90. The predicted octanol–water partition coefficient (Wildman–Crippen LogP) is 1.98. The molecule has 8 nitrogen and oxygen atoms in total. The summed E-state index contributed by atoms with van der Waals surface area (Å²) in [5, 5.41) is 19.4. The Bertz CT molecular complexity index is 700. The molecule has 2 aromatic rings. The first kappa shape index (κ1) is 27.1. The fraction of sp³-hybridized carbons (Fsp3) is 0.400. The van der Waals surface area contributed by atoms with Gasteiger partial charge in [-0.15, -0.1) is 0 Å². The molecule has 4 atom stereocenters. The predicted molar refractivity (Wildman–Crippen MR) is 113 cm³/mol. The number of aliphatic hydroxyl groups excluding tert-OH is 2. The molecule has 9 heteroatoms. The summed E-state index contributed by atoms with van der Waals surface area (Å²) in [7, 11) is -4.67. The zero-order valence-corrected chi connectivity index (χ0v) is 17.5. The molecule has 0 aliphatic heterocycles. The van der Waals surface area contributed by atoms with E-state index in [-0.39, 0.29) is 11.8 Å². The monoisotopic (exact) mass is 428 g/mol. The summed E-state index contributed by atoms with van der Waals surface area (Å²) in [6, 6.07) is 19.2. The van der Waals surface area contributed by atoms with Gasteiger partial charge in [0.2, 0.25) is 0 Å². The van der Waals surface area contributed by atoms with Gasteiger partial charge in [-0.1, -0.05) is 74.5 Å². The van der Waals surface area contributed by atoms with E-state index < -0.39 is 22.6 Å². The van der Waals surface area contributed by atoms with Crippen LogP contribution < -0.4 is 11.5 Å². The second kappa shape index (κ2) is 14.2. The van der Waals surface area contributed by atoms with Gasteiger partial charge in [0.05, 0.1) is 12.2 Å². The molecular weight excluding hydrogens is 396 g/mol. The SMILES string of the molecule is CC(CN)[C@@H](O)c1ccccc1.C[C@@H](CN)[C@@H](O)c1ccccc1.O=S(=O)(O)O. The van der Waals surface area contributed by atoms with Crippen LogP contribution in [0.2, 0.25) is 0 Å². The molecular formula is C20H32N2O6S. The molecule has 0 saturated heterocycles. The van der Waals surface area contributed by atoms with E-state index in [0.29, 0.717) is 13.1 Å². The average molecular weight is 429 g/mol. The first-order valence-corrected chi connectivity index (χ1v) is 10.5. The van der Waals surface area contributed by atoms with E-state index in [1.165, 1.54) is 0 Å². The van der Waals surface area contributed by atoms with Crippen LogP contribution in [0.3, 0.4) is 0 Å². The van der Waals surface area contributed by atoms with E-state index in [9.17, 15) is 10.2 Å². The summed E-state index contributed by atoms with van der Waals surface area (Å²) >= 11 is 0. The second-order valence-electron chi connectivity index (χ2n) is 6.58. The zero-order valence-electron chi connectivity index (χ0n) is 16.7. The molecule has 0 aliphatic carbocycles. The number of aliphatic hydroxyl groups is 2. The van der Waals surface area contributed by atoms with E-state index in [2.05, 4.69) is 0 Å². The Balaban J connectivity index is 0.000000442. The minimum Gasteiger partial charge on any atom is -0.388 e. The molecule has 0 aromatic heterocycles. The highest BCUT2D eigenvalue weighted by atomic mass is 32.3. The molecule has 0 radical (unpaired) electrons. The molecule has 2 aromatic carbocycles. The van der Waals surface area contributed by atoms with E-state index >= 15 is 0 Å². The molecule has 2 rings (SSSR count). The highest BCUT2D eigenvalue weighted by Crippen LogP contribution is 2.20. The van der Waals surface area contributed by atoms with Crippen LogP contribution in [0, 0.1) is 11.8 Å². The summed E-state index contributed by atoms with van der Waals surface area (Å²) in [5.41, 5.74) is 12.8. The van der Waals surface area contributed by atoms with Crippen molar-refractivity contribution >= 4 is 10.4 Å². The van der Waals surface area contributed by atoms with E-state index in [1.54, 1.807) is 0 Å². The molecule has 8 N–H and O–H groups in total. The Morgan fingerprint density at radius 2 is 0.966 bits per heavy atom. The van der Waals surface area contributed by atoms with Crippen LogP contribution in [0.15, 0.2) is 60.7 Å². The maximum atomic E-state index is 9.71. The number of nitrogens with two attached hydrogens (primary N) is 2. The minimum atomic E-state index is -4.67. The molecule has 0 spiro atoms. The van der Waals surface area contributed by atoms with Crippen LogP contribution in [0.5, 0.6) is 0 Å². The van der Waals surface area contributed by atoms with Crippen molar-refractivity contribution in [2.24, 2.45) is 23.3 Å². The lowest BCUT2D eigenvalue weighted by Crippen LogP contribution is -2.18. The molecule has 0 amide bonds. The lowest BCUT2D eigenvalue weighted by atomic mass is 9.98. The summed E-state index contributed by atoms with van der Waals surface area (Å²) in [6.07, 6.45) is -0.868. The Morgan fingerprint density at radius 1 is 0.724 bits per heavy atom. The van der Waals surface area contributed by atoms with Gasteiger partial charge in [-0.2, -0.15) is 8.42 Å². The smallest absolute Gasteiger partial charge is 0.388 e. The topological polar surface area (TPSA) is 167 Å². The van der Waals surface area contributed by atoms with Crippen molar-refractivity contribution in [3.8, 4) is 0 Å². The third kappa shape index (κ3) is 13.1. The summed E-state index contributed by atoms with van der Waals surface area (Å²) < 4.78 is 31.6. The van der Waals surface area contributed by atoms with Crippen molar-refractivity contribution in [2.75, 3.05) is 13.1 Å². The van der Waals surface area contributed by atoms with Gasteiger partial charge in [-0.25, -0.2) is 0 Å². The van der Waals surface area contributed by atoms with Gasteiger partial charge in [-0.05, 0) is 36.1 Å². The van der Waals surface area contributed by atoms with Crippen molar-refractivity contribution in [3.05, 3.63) is 71.8 Å². The van der Waals surface area contributed by atoms with Gasteiger partial charge < -0.3 is 21.7 Å². The Kier molecular flexibility index (Phi) is 13.3. The van der Waals surface area contributed by atoms with Crippen molar-refractivity contribution in [3.63, 3.8) is 0 Å². The summed E-state index contributed by atoms with van der Waals surface area (Å²) in [4.78, 5) is 0. The van der Waals surface area contributed by atoms with Crippen molar-refractivity contribution in [1.82, 2.24) is 0 Å². The second-order valence-corrected chi connectivity index (χ2v) is 7.48. The fourth-order valence-corrected chi connectivity index (χ4v) is 2.22. The highest BCUT2D eigenvalue weighted by Gasteiger charge is 2.14. The molecule has 1 unspecified atom stereocenters. The standard InChI is InChI=1S/2C10H15NO.H2O4S/c2*1-8(7-11)10(12)9-5-3-2-4-6-9;1-5(2,3)4/h2*2-6,8,10,12H,7,11H2,1H3;(H2,1,2,3,4)/t8?,10-;8-,10+;/m10./s1. The summed E-state index contributed by atoms with van der Waals surface area (Å²) in [5.74, 6) is 0.236. The van der Waals surface area contributed by atoms with Crippen LogP contribution in [0.4, 0.5) is 0 Å². The highest BCUT2D eigenvalue weighted by molar-refractivity contribution is 7.79. The molecule has 0 saturated carbocycles. The van der Waals surface area contributed by atoms with Gasteiger partial charge in [0.1, 0.15) is 0 Å². The third-order valence-corrected chi connectivity index (χ3v) is 4.10. The third-order valence-electron chi connectivity index (χ3n) is 4.10. The maximum absolute atomic E-state index is 9.71. The van der Waals surface area contributed by atoms with Crippen LogP contribution >= 0.6 is 0 Å². The molecule has 0 fully saturated rings. The van der Waals surface area contributed by atoms with Crippen molar-refractivity contribution in [1.29, 1.82) is 0 Å². The Hall–Kier alpha value is -1.85. The maximum Gasteiger partial charge on any atom is 0.394 e. The quantitative estimate of drug-likeness (QED) is 0.380. The fourth-order valence-electron chi connectivity index (χ4n) is 2.22. The Labute approximate surface area is 172 Å². The molecule has 29 heavy (non-hydrogen) atoms. The van der Waals surface area contributed by atoms with Gasteiger partial charge in [-0.3, -0.25) is 9.11 Å². The molecule has 0 heterocycles. The zero-order chi connectivity index (χ0) is 22.4. The van der Waals surface area contributed by atoms with E-state index in [1.807, 2.05) is 74.5 Å². The van der Waals surface area contributed by atoms with Gasteiger partial charge in [0.15, 0.2) is 0 Å². The van der Waals surface area contributed by atoms with Crippen LogP contribution in [0.25, 0.3) is 0 Å². The molecule has 164 valence electrons. The van der Waals surface area contributed by atoms with Gasteiger partial charge in [0.25, 0.3) is 0 Å². The lowest BCUT2D eigenvalue weighted by Gasteiger charge is -2.16. The largest absolute Gasteiger partial charge is 0.394 e. The first-order chi connectivity index (χ1) is 13.5. The van der Waals surface area contributed by atoms with Gasteiger partial charge in [0, 0.05) is 0 Å². The van der Waals surface area contributed by atoms with Crippen molar-refractivity contribution in [2.45, 2.75) is 26.1 Å². The minimum absolute atomic E-state index is 0.118. The Morgan fingerprint density at radius 3 is 1.17 bits per heavy atom. The number of rotatable bonds is 6. The average Bonchev–Trinajstić information content (AvgIpc) is 2.72. The number of hydrogen-bond acceptors (Lipinski definition) is 6. The van der Waals surface area contributed by atoms with Crippen molar-refractivity contribution < 1.29 is 27.7 Å². The van der Waals surface area contributed by atoms with E-state index in [4.69, 9.17) is 29.0 Å². The normalized spacial score (nSPS) is 14.9. The van der Waals surface area contributed by atoms with Crippen LogP contribution in [-0.4, -0.2) is 40.8 Å². The molecule has 0 aliphatic rings. The number of hydrogen-bond donors (Lipinski definition) is 6. The molecule has 0 bridgehead atoms. The van der Waals surface area contributed by atoms with Crippen LogP contribution in [0.1, 0.15) is 37.2 Å². The van der Waals surface area contributed by atoms with Gasteiger partial charge >= 0.3 is 10.4 Å².